The molecule has 4 rings (SSSR count). The number of hydrogen-bond acceptors (Lipinski definition) is 0. The Morgan fingerprint density at radius 1 is 0.861 bits per heavy atom. The van der Waals surface area contributed by atoms with Gasteiger partial charge in [0.25, 0.3) is 0 Å². The second kappa shape index (κ2) is 18.9. The van der Waals surface area contributed by atoms with E-state index in [-0.39, 0.29) is 26.2 Å². The summed E-state index contributed by atoms with van der Waals surface area (Å²) in [6.07, 6.45) is 21.6. The first-order valence-corrected chi connectivity index (χ1v) is 19.7. The molecule has 0 heterocycles. The van der Waals surface area contributed by atoms with Crippen molar-refractivity contribution in [2.24, 2.45) is 0 Å². The molecule has 36 heavy (non-hydrogen) atoms. The molecule has 0 nitrogen and oxygen atoms in total. The smallest absolute Gasteiger partial charge is 0.274 e. The van der Waals surface area contributed by atoms with Gasteiger partial charge in [0.1, 0.15) is 0 Å². The molecule has 4 heteroatoms. The topological polar surface area (TPSA) is 0 Å². The Morgan fingerprint density at radius 2 is 1.39 bits per heavy atom. The summed E-state index contributed by atoms with van der Waals surface area (Å²) in [6.45, 7) is 19.3. The van der Waals surface area contributed by atoms with E-state index in [4.69, 9.17) is 11.1 Å². The molecule has 2 aliphatic rings. The first kappa shape index (κ1) is 34.7. The predicted octanol–water partition coefficient (Wildman–Crippen LogP) is 10.1. The molecule has 0 saturated heterocycles. The van der Waals surface area contributed by atoms with Gasteiger partial charge in [-0.05, 0) is 5.16 Å². The number of halogens is 1. The van der Waals surface area contributed by atoms with E-state index in [0.717, 1.165) is 29.1 Å². The molecule has 2 aromatic rings. The molecular weight excluding hydrogens is 567 g/mol. The van der Waals surface area contributed by atoms with Crippen LogP contribution in [0.5, 0.6) is 0 Å². The molecule has 0 fully saturated rings. The fraction of sp³-hybridized carbons (Fsp3) is 0.312. The van der Waals surface area contributed by atoms with Crippen LogP contribution in [-0.2, 0) is 26.2 Å². The van der Waals surface area contributed by atoms with Crippen molar-refractivity contribution in [2.75, 3.05) is 0 Å². The van der Waals surface area contributed by atoms with Gasteiger partial charge in [-0.3, -0.25) is 12.2 Å². The molecule has 0 radical (unpaired) electrons. The van der Waals surface area contributed by atoms with Crippen LogP contribution >= 0.6 is 11.1 Å². The quantitative estimate of drug-likeness (QED) is 0.180. The van der Waals surface area contributed by atoms with E-state index < -0.39 is 15.5 Å². The van der Waals surface area contributed by atoms with E-state index in [1.165, 1.54) is 18.0 Å². The molecule has 190 valence electrons. The second-order valence-corrected chi connectivity index (χ2v) is 21.8. The summed E-state index contributed by atoms with van der Waals surface area (Å²) in [6, 6.07) is 19.7. The van der Waals surface area contributed by atoms with Crippen LogP contribution in [0.2, 0.25) is 31.4 Å². The molecule has 0 amide bonds. The van der Waals surface area contributed by atoms with Gasteiger partial charge in [0.2, 0.25) is 0 Å². The Morgan fingerprint density at radius 3 is 1.64 bits per heavy atom. The largest absolute Gasteiger partial charge is 4.00 e. The Hall–Kier alpha value is -1.25. The zero-order valence-electron chi connectivity index (χ0n) is 22.9. The summed E-state index contributed by atoms with van der Waals surface area (Å²) in [5.74, 6) is 0. The van der Waals surface area contributed by atoms with Crippen LogP contribution in [0, 0.1) is 26.0 Å². The number of benzene rings is 2. The average Bonchev–Trinajstić information content (AvgIpc) is 3.56. The molecule has 0 spiro atoms. The van der Waals surface area contributed by atoms with E-state index in [2.05, 4.69) is 77.3 Å². The van der Waals surface area contributed by atoms with Gasteiger partial charge < -0.3 is 0 Å². The molecule has 2 aromatic carbocycles. The number of allylic oxidation sites excluding steroid dienone is 8. The fourth-order valence-corrected chi connectivity index (χ4v) is 17.8. The molecule has 1 unspecified atom stereocenters. The molecule has 0 saturated carbocycles. The normalized spacial score (nSPS) is 14.1. The van der Waals surface area contributed by atoms with Gasteiger partial charge in [-0.2, -0.15) is 72.5 Å². The third-order valence-electron chi connectivity index (χ3n) is 5.94. The van der Waals surface area contributed by atoms with Crippen molar-refractivity contribution < 1.29 is 26.2 Å². The van der Waals surface area contributed by atoms with Crippen LogP contribution in [0.15, 0.2) is 96.2 Å². The third-order valence-corrected chi connectivity index (χ3v) is 17.3. The van der Waals surface area contributed by atoms with Crippen LogP contribution in [-0.4, -0.2) is 15.5 Å². The van der Waals surface area contributed by atoms with Gasteiger partial charge >= 0.3 is 26.2 Å². The van der Waals surface area contributed by atoms with E-state index in [0.29, 0.717) is 0 Å². The van der Waals surface area contributed by atoms with Crippen molar-refractivity contribution in [1.29, 1.82) is 0 Å². The standard InChI is InChI=1S/C13H24ClSi2.2C7H7.C5H5.Zr/c1-6-9-13(16(4,5)14)15(2,3)12-10-7-8-11-12;2*1-7-5-3-2-4-6-7;1-2-4-5-3-1;/h7,10,13H,6,8-9H2,1-5H3;2*2-6H,1H2;1-3H,4H2;/q4*-1;+4. The Kier molecular flexibility index (Phi) is 18.3. The molecule has 0 aromatic heterocycles. The third kappa shape index (κ3) is 14.5. The first-order valence-electron chi connectivity index (χ1n) is 12.5. The van der Waals surface area contributed by atoms with E-state index in [1.807, 2.05) is 72.8 Å². The Balaban J connectivity index is 0.000000505. The average molecular weight is 611 g/mol. The number of rotatable bonds is 5. The summed E-state index contributed by atoms with van der Waals surface area (Å²) < 4.78 is 0. The first-order chi connectivity index (χ1) is 16.6. The summed E-state index contributed by atoms with van der Waals surface area (Å²) >= 11 is 6.75. The van der Waals surface area contributed by atoms with E-state index in [1.54, 1.807) is 0 Å². The van der Waals surface area contributed by atoms with Crippen LogP contribution < -0.4 is 0 Å². The maximum Gasteiger partial charge on any atom is 4.00 e. The van der Waals surface area contributed by atoms with Gasteiger partial charge in [0, 0.05) is 8.07 Å². The minimum atomic E-state index is -1.57. The van der Waals surface area contributed by atoms with Crippen LogP contribution in [0.4, 0.5) is 0 Å². The van der Waals surface area contributed by atoms with Crippen molar-refractivity contribution >= 4 is 26.5 Å². The van der Waals surface area contributed by atoms with Crippen LogP contribution in [0.25, 0.3) is 0 Å². The minimum Gasteiger partial charge on any atom is -0.274 e. The van der Waals surface area contributed by atoms with Crippen molar-refractivity contribution in [3.63, 3.8) is 0 Å². The molecule has 1 atom stereocenters. The summed E-state index contributed by atoms with van der Waals surface area (Å²) in [7, 11) is -2.98. The SMILES string of the molecule is CCCC([Si](C)(C)Cl)[Si](C)(C)C1=[C-]CC=C1.[C-]1=CC=CC1.[CH2-]c1ccccc1.[CH2-]c1ccccc1.[Zr+4]. The van der Waals surface area contributed by atoms with Gasteiger partial charge in [0.05, 0.1) is 0 Å². The molecule has 0 N–H and O–H groups in total. The fourth-order valence-electron chi connectivity index (χ4n) is 4.18. The maximum absolute atomic E-state index is 6.75. The monoisotopic (exact) mass is 608 g/mol. The molecule has 0 bridgehead atoms. The summed E-state index contributed by atoms with van der Waals surface area (Å²) in [5, 5.41) is 2.27. The van der Waals surface area contributed by atoms with E-state index in [9.17, 15) is 0 Å². The molecular formula is C32H43ClSi2Zr. The van der Waals surface area contributed by atoms with Gasteiger partial charge in [-0.25, -0.2) is 23.4 Å². The van der Waals surface area contributed by atoms with Gasteiger partial charge in [0.15, 0.2) is 7.38 Å². The number of hydrogen-bond donors (Lipinski definition) is 0. The zero-order chi connectivity index (χ0) is 26.2. The Bertz CT molecular complexity index is 892. The van der Waals surface area contributed by atoms with E-state index >= 15 is 0 Å². The predicted molar refractivity (Wildman–Crippen MR) is 163 cm³/mol. The van der Waals surface area contributed by atoms with Crippen molar-refractivity contribution in [3.05, 3.63) is 133 Å². The maximum atomic E-state index is 6.75. The van der Waals surface area contributed by atoms with Gasteiger partial charge in [-0.1, -0.05) is 58.1 Å². The summed E-state index contributed by atoms with van der Waals surface area (Å²) in [4.78, 5) is 0. The van der Waals surface area contributed by atoms with Crippen molar-refractivity contribution in [3.8, 4) is 0 Å². The van der Waals surface area contributed by atoms with Crippen molar-refractivity contribution in [2.45, 2.75) is 64.0 Å². The molecule has 0 aliphatic heterocycles. The summed E-state index contributed by atoms with van der Waals surface area (Å²) in [5.41, 5.74) is 2.14. The minimum absolute atomic E-state index is 0. The van der Waals surface area contributed by atoms with Crippen LogP contribution in [0.3, 0.4) is 0 Å². The zero-order valence-corrected chi connectivity index (χ0v) is 28.1. The Labute approximate surface area is 248 Å². The van der Waals surface area contributed by atoms with Crippen LogP contribution in [0.1, 0.15) is 43.7 Å². The second-order valence-electron chi connectivity index (χ2n) is 9.80. The van der Waals surface area contributed by atoms with Gasteiger partial charge in [-0.15, -0.1) is 37.1 Å². The molecule has 2 aliphatic carbocycles. The van der Waals surface area contributed by atoms with Crippen molar-refractivity contribution in [1.82, 2.24) is 0 Å².